The first-order chi connectivity index (χ1) is 8.52. The first kappa shape index (κ1) is 13.5. The van der Waals surface area contributed by atoms with Gasteiger partial charge in [0.15, 0.2) is 0 Å². The minimum Gasteiger partial charge on any atom is -0.312 e. The van der Waals surface area contributed by atoms with E-state index in [0.29, 0.717) is 18.3 Å². The zero-order chi connectivity index (χ0) is 13.3. The lowest BCUT2D eigenvalue weighted by Gasteiger charge is -2.21. The van der Waals surface area contributed by atoms with Gasteiger partial charge in [-0.15, -0.1) is 0 Å². The van der Waals surface area contributed by atoms with E-state index < -0.39 is 0 Å². The SMILES string of the molecule is Cc1ccc(C(C)C)cc1N1CC(CS)CC1=O. The topological polar surface area (TPSA) is 20.3 Å². The number of aryl methyl sites for hydroxylation is 1. The highest BCUT2D eigenvalue weighted by Crippen LogP contribution is 2.30. The fraction of sp³-hybridized carbons (Fsp3) is 0.533. The Bertz CT molecular complexity index is 456. The molecule has 18 heavy (non-hydrogen) atoms. The molecule has 0 bridgehead atoms. The molecule has 1 amide bonds. The summed E-state index contributed by atoms with van der Waals surface area (Å²) in [4.78, 5) is 14.0. The molecule has 1 aliphatic rings. The summed E-state index contributed by atoms with van der Waals surface area (Å²) in [7, 11) is 0. The van der Waals surface area contributed by atoms with Crippen molar-refractivity contribution in [3.63, 3.8) is 0 Å². The Kier molecular flexibility index (Phi) is 4.00. The predicted octanol–water partition coefficient (Wildman–Crippen LogP) is 3.40. The third-order valence-electron chi connectivity index (χ3n) is 3.65. The van der Waals surface area contributed by atoms with E-state index in [-0.39, 0.29) is 5.91 Å². The summed E-state index contributed by atoms with van der Waals surface area (Å²) in [5.74, 6) is 1.90. The van der Waals surface area contributed by atoms with Gasteiger partial charge in [-0.3, -0.25) is 4.79 Å². The van der Waals surface area contributed by atoms with E-state index in [1.807, 2.05) is 4.90 Å². The first-order valence-electron chi connectivity index (χ1n) is 6.54. The summed E-state index contributed by atoms with van der Waals surface area (Å²) in [5.41, 5.74) is 3.54. The molecule has 2 nitrogen and oxygen atoms in total. The molecule has 0 saturated carbocycles. The largest absolute Gasteiger partial charge is 0.312 e. The van der Waals surface area contributed by atoms with Crippen molar-refractivity contribution in [3.05, 3.63) is 29.3 Å². The number of amides is 1. The van der Waals surface area contributed by atoms with Gasteiger partial charge in [-0.2, -0.15) is 12.6 Å². The second-order valence-corrected chi connectivity index (χ2v) is 5.82. The van der Waals surface area contributed by atoms with Crippen molar-refractivity contribution in [2.45, 2.75) is 33.1 Å². The number of carbonyl (C=O) groups is 1. The van der Waals surface area contributed by atoms with Crippen LogP contribution in [0, 0.1) is 12.8 Å². The third kappa shape index (κ3) is 2.56. The first-order valence-corrected chi connectivity index (χ1v) is 7.18. The smallest absolute Gasteiger partial charge is 0.227 e. The second kappa shape index (κ2) is 5.35. The number of thiol groups is 1. The van der Waals surface area contributed by atoms with Crippen molar-refractivity contribution in [1.82, 2.24) is 0 Å². The number of rotatable bonds is 3. The number of nitrogens with zero attached hydrogens (tertiary/aromatic N) is 1. The number of carbonyl (C=O) groups excluding carboxylic acids is 1. The molecule has 98 valence electrons. The molecule has 0 aliphatic carbocycles. The van der Waals surface area contributed by atoms with Crippen molar-refractivity contribution in [2.24, 2.45) is 5.92 Å². The molecule has 1 unspecified atom stereocenters. The van der Waals surface area contributed by atoms with Crippen molar-refractivity contribution < 1.29 is 4.79 Å². The average molecular weight is 263 g/mol. The normalized spacial score (nSPS) is 19.9. The van der Waals surface area contributed by atoms with E-state index in [0.717, 1.165) is 18.0 Å². The maximum absolute atomic E-state index is 12.1. The van der Waals surface area contributed by atoms with E-state index >= 15 is 0 Å². The summed E-state index contributed by atoms with van der Waals surface area (Å²) in [6.45, 7) is 7.24. The van der Waals surface area contributed by atoms with Gasteiger partial charge >= 0.3 is 0 Å². The number of hydrogen-bond acceptors (Lipinski definition) is 2. The highest BCUT2D eigenvalue weighted by Gasteiger charge is 2.30. The van der Waals surface area contributed by atoms with E-state index in [9.17, 15) is 4.79 Å². The van der Waals surface area contributed by atoms with Crippen LogP contribution < -0.4 is 4.90 Å². The number of anilines is 1. The van der Waals surface area contributed by atoms with Gasteiger partial charge in [0.25, 0.3) is 0 Å². The zero-order valence-electron chi connectivity index (χ0n) is 11.3. The Labute approximate surface area is 115 Å². The third-order valence-corrected chi connectivity index (χ3v) is 4.17. The van der Waals surface area contributed by atoms with Crippen molar-refractivity contribution in [3.8, 4) is 0 Å². The molecule has 2 rings (SSSR count). The Morgan fingerprint density at radius 1 is 1.44 bits per heavy atom. The fourth-order valence-electron chi connectivity index (χ4n) is 2.41. The molecule has 0 N–H and O–H groups in total. The van der Waals surface area contributed by atoms with Gasteiger partial charge < -0.3 is 4.90 Å². The summed E-state index contributed by atoms with van der Waals surface area (Å²) >= 11 is 4.31. The molecule has 1 aromatic rings. The number of benzene rings is 1. The maximum atomic E-state index is 12.1. The summed E-state index contributed by atoms with van der Waals surface area (Å²) in [6, 6.07) is 6.44. The van der Waals surface area contributed by atoms with Crippen LogP contribution in [0.25, 0.3) is 0 Å². The van der Waals surface area contributed by atoms with Gasteiger partial charge in [-0.1, -0.05) is 26.0 Å². The molecular formula is C15H21NOS. The summed E-state index contributed by atoms with van der Waals surface area (Å²) in [6.07, 6.45) is 0.634. The van der Waals surface area contributed by atoms with Crippen LogP contribution >= 0.6 is 12.6 Å². The lowest BCUT2D eigenvalue weighted by Crippen LogP contribution is -2.25. The van der Waals surface area contributed by atoms with Crippen LogP contribution in [0.2, 0.25) is 0 Å². The molecule has 1 heterocycles. The quantitative estimate of drug-likeness (QED) is 0.829. The Morgan fingerprint density at radius 2 is 2.17 bits per heavy atom. The van der Waals surface area contributed by atoms with Gasteiger partial charge in [-0.05, 0) is 41.7 Å². The van der Waals surface area contributed by atoms with Gasteiger partial charge in [0.2, 0.25) is 5.91 Å². The average Bonchev–Trinajstić information content (AvgIpc) is 2.71. The molecule has 1 aliphatic heterocycles. The van der Waals surface area contributed by atoms with Gasteiger partial charge in [-0.25, -0.2) is 0 Å². The molecule has 0 spiro atoms. The van der Waals surface area contributed by atoms with Crippen molar-refractivity contribution >= 4 is 24.2 Å². The van der Waals surface area contributed by atoms with Crippen LogP contribution in [0.4, 0.5) is 5.69 Å². The van der Waals surface area contributed by atoms with Crippen LogP contribution in [0.5, 0.6) is 0 Å². The van der Waals surface area contributed by atoms with Crippen LogP contribution in [-0.2, 0) is 4.79 Å². The molecule has 3 heteroatoms. The lowest BCUT2D eigenvalue weighted by atomic mass is 10.0. The molecule has 0 radical (unpaired) electrons. The molecule has 1 atom stereocenters. The molecule has 1 aromatic carbocycles. The highest BCUT2D eigenvalue weighted by molar-refractivity contribution is 7.80. The fourth-order valence-corrected chi connectivity index (χ4v) is 2.66. The Hall–Kier alpha value is -0.960. The Morgan fingerprint density at radius 3 is 2.72 bits per heavy atom. The lowest BCUT2D eigenvalue weighted by molar-refractivity contribution is -0.117. The van der Waals surface area contributed by atoms with Crippen LogP contribution in [0.1, 0.15) is 37.3 Å². The van der Waals surface area contributed by atoms with Crippen molar-refractivity contribution in [1.29, 1.82) is 0 Å². The minimum atomic E-state index is 0.234. The number of hydrogen-bond donors (Lipinski definition) is 1. The molecule has 0 aromatic heterocycles. The van der Waals surface area contributed by atoms with Crippen molar-refractivity contribution in [2.75, 3.05) is 17.2 Å². The monoisotopic (exact) mass is 263 g/mol. The summed E-state index contributed by atoms with van der Waals surface area (Å²) in [5, 5.41) is 0. The second-order valence-electron chi connectivity index (χ2n) is 5.46. The summed E-state index contributed by atoms with van der Waals surface area (Å²) < 4.78 is 0. The maximum Gasteiger partial charge on any atom is 0.227 e. The van der Waals surface area contributed by atoms with Crippen LogP contribution in [0.15, 0.2) is 18.2 Å². The molecule has 1 fully saturated rings. The molecular weight excluding hydrogens is 242 g/mol. The zero-order valence-corrected chi connectivity index (χ0v) is 12.2. The highest BCUT2D eigenvalue weighted by atomic mass is 32.1. The van der Waals surface area contributed by atoms with Gasteiger partial charge in [0, 0.05) is 18.7 Å². The van der Waals surface area contributed by atoms with Crippen LogP contribution in [-0.4, -0.2) is 18.2 Å². The van der Waals surface area contributed by atoms with Gasteiger partial charge in [0.05, 0.1) is 0 Å². The predicted molar refractivity (Wildman–Crippen MR) is 79.6 cm³/mol. The van der Waals surface area contributed by atoms with E-state index in [1.165, 1.54) is 11.1 Å². The van der Waals surface area contributed by atoms with E-state index in [2.05, 4.69) is 51.6 Å². The van der Waals surface area contributed by atoms with Gasteiger partial charge in [0.1, 0.15) is 0 Å². The minimum absolute atomic E-state index is 0.234. The Balaban J connectivity index is 2.33. The van der Waals surface area contributed by atoms with E-state index in [1.54, 1.807) is 0 Å². The van der Waals surface area contributed by atoms with E-state index in [4.69, 9.17) is 0 Å². The molecule has 1 saturated heterocycles. The standard InChI is InChI=1S/C15H21NOS/c1-10(2)13-5-4-11(3)14(7-13)16-8-12(9-18)6-15(16)17/h4-5,7,10,12,18H,6,8-9H2,1-3H3. The van der Waals surface area contributed by atoms with Crippen LogP contribution in [0.3, 0.4) is 0 Å².